The molecule has 6 fully saturated rings. The van der Waals surface area contributed by atoms with Crippen LogP contribution < -0.4 is 0 Å². The third-order valence-corrected chi connectivity index (χ3v) is 12.1. The first-order chi connectivity index (χ1) is 15.5. The molecular weight excluding hydrogens is 408 g/mol. The molecule has 2 saturated heterocycles. The van der Waals surface area contributed by atoms with Crippen molar-refractivity contribution in [2.45, 2.75) is 142 Å². The average molecular weight is 459 g/mol. The molecule has 0 radical (unpaired) electrons. The molecular formula is C30H50O3. The van der Waals surface area contributed by atoms with Gasteiger partial charge in [0, 0.05) is 5.41 Å². The maximum Gasteiger partial charge on any atom is 0.163 e. The molecule has 11 atom stereocenters. The van der Waals surface area contributed by atoms with E-state index in [2.05, 4.69) is 48.5 Å². The molecule has 0 aromatic heterocycles. The molecule has 1 spiro atoms. The van der Waals surface area contributed by atoms with Crippen LogP contribution in [0, 0.1) is 46.3 Å². The monoisotopic (exact) mass is 458 g/mol. The fourth-order valence-electron chi connectivity index (χ4n) is 10.7. The van der Waals surface area contributed by atoms with E-state index in [-0.39, 0.29) is 23.2 Å². The highest BCUT2D eigenvalue weighted by Gasteiger charge is 2.81. The molecule has 188 valence electrons. The highest BCUT2D eigenvalue weighted by atomic mass is 16.8. The second-order valence-electron chi connectivity index (χ2n) is 14.6. The fourth-order valence-corrected chi connectivity index (χ4v) is 10.7. The lowest BCUT2D eigenvalue weighted by Gasteiger charge is -2.60. The summed E-state index contributed by atoms with van der Waals surface area (Å²) in [7, 11) is 0. The van der Waals surface area contributed by atoms with Crippen LogP contribution in [0.1, 0.15) is 113 Å². The number of hydrogen-bond donors (Lipinski definition) is 0. The van der Waals surface area contributed by atoms with Gasteiger partial charge in [-0.1, -0.05) is 53.9 Å². The van der Waals surface area contributed by atoms with Gasteiger partial charge in [0.15, 0.2) is 5.79 Å². The SMILES string of the molecule is CC(C)CCCC(C)C1CCC2C3CC4OC45C4OC(C)(C)OC4CCC5(C)C3CCC12C. The molecule has 11 unspecified atom stereocenters. The number of ether oxygens (including phenoxy) is 3. The van der Waals surface area contributed by atoms with Crippen LogP contribution >= 0.6 is 0 Å². The maximum atomic E-state index is 6.80. The fraction of sp³-hybridized carbons (Fsp3) is 1.00. The molecule has 2 heterocycles. The quantitative estimate of drug-likeness (QED) is 0.403. The maximum absolute atomic E-state index is 6.80. The highest BCUT2D eigenvalue weighted by Crippen LogP contribution is 2.75. The van der Waals surface area contributed by atoms with Gasteiger partial charge in [0.25, 0.3) is 0 Å². The summed E-state index contributed by atoms with van der Waals surface area (Å²) >= 11 is 0. The molecule has 4 aliphatic carbocycles. The van der Waals surface area contributed by atoms with Gasteiger partial charge in [-0.15, -0.1) is 0 Å². The molecule has 0 bridgehead atoms. The molecule has 0 amide bonds. The predicted octanol–water partition coefficient (Wildman–Crippen LogP) is 7.37. The van der Waals surface area contributed by atoms with Gasteiger partial charge in [-0.3, -0.25) is 0 Å². The van der Waals surface area contributed by atoms with Crippen molar-refractivity contribution in [1.29, 1.82) is 0 Å². The van der Waals surface area contributed by atoms with Gasteiger partial charge in [0.2, 0.25) is 0 Å². The van der Waals surface area contributed by atoms with Gasteiger partial charge in [-0.25, -0.2) is 0 Å². The van der Waals surface area contributed by atoms with Gasteiger partial charge in [-0.2, -0.15) is 0 Å². The molecule has 6 aliphatic rings. The number of fused-ring (bicyclic) bond motifs is 5. The van der Waals surface area contributed by atoms with E-state index in [1.165, 1.54) is 57.8 Å². The molecule has 6 rings (SSSR count). The van der Waals surface area contributed by atoms with Crippen LogP contribution in [-0.2, 0) is 14.2 Å². The molecule has 0 aromatic rings. The summed E-state index contributed by atoms with van der Waals surface area (Å²) in [6, 6.07) is 0. The average Bonchev–Trinajstić information content (AvgIpc) is 3.21. The Morgan fingerprint density at radius 3 is 2.36 bits per heavy atom. The number of epoxide rings is 1. The van der Waals surface area contributed by atoms with Crippen molar-refractivity contribution in [1.82, 2.24) is 0 Å². The van der Waals surface area contributed by atoms with Crippen LogP contribution in [0.5, 0.6) is 0 Å². The summed E-state index contributed by atoms with van der Waals surface area (Å²) < 4.78 is 19.7. The minimum absolute atomic E-state index is 0.0687. The van der Waals surface area contributed by atoms with E-state index in [1.54, 1.807) is 0 Å². The number of rotatable bonds is 5. The lowest BCUT2D eigenvalue weighted by molar-refractivity contribution is -0.166. The van der Waals surface area contributed by atoms with E-state index in [0.29, 0.717) is 11.5 Å². The molecule has 3 heteroatoms. The van der Waals surface area contributed by atoms with Crippen molar-refractivity contribution in [3.8, 4) is 0 Å². The standard InChI is InChI=1S/C30H50O3/c1-18(2)9-8-10-19(3)21-11-12-22-20-17-25-30(32-25)26-24(31-27(4,5)33-26)14-16-29(30,7)23(20)13-15-28(21,22)6/h18-26H,8-17H2,1-7H3. The van der Waals surface area contributed by atoms with Gasteiger partial charge < -0.3 is 14.2 Å². The Morgan fingerprint density at radius 2 is 1.61 bits per heavy atom. The molecule has 0 aromatic carbocycles. The van der Waals surface area contributed by atoms with Crippen LogP contribution in [-0.4, -0.2) is 29.7 Å². The van der Waals surface area contributed by atoms with E-state index in [0.717, 1.165) is 41.9 Å². The Hall–Kier alpha value is -0.120. The lowest BCUT2D eigenvalue weighted by Crippen LogP contribution is -2.63. The van der Waals surface area contributed by atoms with Crippen LogP contribution in [0.25, 0.3) is 0 Å². The highest BCUT2D eigenvalue weighted by molar-refractivity contribution is 5.28. The van der Waals surface area contributed by atoms with Crippen molar-refractivity contribution in [2.24, 2.45) is 46.3 Å². The summed E-state index contributed by atoms with van der Waals surface area (Å²) in [5, 5.41) is 0. The van der Waals surface area contributed by atoms with Gasteiger partial charge in [-0.05, 0) is 99.7 Å². The Morgan fingerprint density at radius 1 is 0.818 bits per heavy atom. The normalized spacial score (nSPS) is 54.7. The summed E-state index contributed by atoms with van der Waals surface area (Å²) in [6.07, 6.45) is 14.5. The second kappa shape index (κ2) is 7.45. The summed E-state index contributed by atoms with van der Waals surface area (Å²) in [6.45, 7) is 16.8. The molecule has 0 N–H and O–H groups in total. The van der Waals surface area contributed by atoms with E-state index in [1.807, 2.05) is 0 Å². The van der Waals surface area contributed by atoms with Crippen LogP contribution in [0.4, 0.5) is 0 Å². The van der Waals surface area contributed by atoms with E-state index < -0.39 is 5.79 Å². The van der Waals surface area contributed by atoms with Crippen molar-refractivity contribution >= 4 is 0 Å². The zero-order valence-electron chi connectivity index (χ0n) is 22.5. The third-order valence-electron chi connectivity index (χ3n) is 12.1. The largest absolute Gasteiger partial charge is 0.362 e. The third kappa shape index (κ3) is 3.16. The minimum atomic E-state index is -0.460. The topological polar surface area (TPSA) is 31.0 Å². The first kappa shape index (κ1) is 23.3. The molecule has 2 aliphatic heterocycles. The van der Waals surface area contributed by atoms with Crippen molar-refractivity contribution < 1.29 is 14.2 Å². The van der Waals surface area contributed by atoms with Crippen LogP contribution in [0.15, 0.2) is 0 Å². The van der Waals surface area contributed by atoms with Crippen molar-refractivity contribution in [3.63, 3.8) is 0 Å². The van der Waals surface area contributed by atoms with E-state index >= 15 is 0 Å². The Kier molecular flexibility index (Phi) is 5.26. The minimum Gasteiger partial charge on any atom is -0.362 e. The van der Waals surface area contributed by atoms with Crippen molar-refractivity contribution in [3.05, 3.63) is 0 Å². The predicted molar refractivity (Wildman–Crippen MR) is 132 cm³/mol. The first-order valence-corrected chi connectivity index (χ1v) is 14.6. The zero-order valence-corrected chi connectivity index (χ0v) is 22.5. The van der Waals surface area contributed by atoms with Crippen LogP contribution in [0.3, 0.4) is 0 Å². The number of hydrogen-bond acceptors (Lipinski definition) is 3. The zero-order chi connectivity index (χ0) is 23.4. The van der Waals surface area contributed by atoms with Crippen molar-refractivity contribution in [2.75, 3.05) is 0 Å². The van der Waals surface area contributed by atoms with E-state index in [4.69, 9.17) is 14.2 Å². The Bertz CT molecular complexity index is 777. The van der Waals surface area contributed by atoms with Crippen LogP contribution in [0.2, 0.25) is 0 Å². The summed E-state index contributed by atoms with van der Waals surface area (Å²) in [5.74, 6) is 4.76. The smallest absolute Gasteiger partial charge is 0.163 e. The lowest BCUT2D eigenvalue weighted by atomic mass is 9.44. The van der Waals surface area contributed by atoms with Gasteiger partial charge >= 0.3 is 0 Å². The Labute approximate surface area is 203 Å². The summed E-state index contributed by atoms with van der Waals surface area (Å²) in [4.78, 5) is 0. The molecule has 33 heavy (non-hydrogen) atoms. The van der Waals surface area contributed by atoms with E-state index in [9.17, 15) is 0 Å². The summed E-state index contributed by atoms with van der Waals surface area (Å²) in [5.41, 5.74) is 0.740. The second-order valence-corrected chi connectivity index (χ2v) is 14.6. The Balaban J connectivity index is 1.22. The van der Waals surface area contributed by atoms with Gasteiger partial charge in [0.05, 0.1) is 12.2 Å². The molecule has 3 nitrogen and oxygen atoms in total. The van der Waals surface area contributed by atoms with Gasteiger partial charge in [0.1, 0.15) is 11.7 Å². The first-order valence-electron chi connectivity index (χ1n) is 14.6. The molecule has 4 saturated carbocycles.